The molecule has 0 bridgehead atoms. The van der Waals surface area contributed by atoms with Crippen LogP contribution in [0.5, 0.6) is 0 Å². The van der Waals surface area contributed by atoms with Gasteiger partial charge in [-0.2, -0.15) is 0 Å². The van der Waals surface area contributed by atoms with Gasteiger partial charge in [-0.3, -0.25) is 0 Å². The van der Waals surface area contributed by atoms with Gasteiger partial charge in [0.05, 0.1) is 5.69 Å². The van der Waals surface area contributed by atoms with Gasteiger partial charge in [-0.15, -0.1) is 0 Å². The highest BCUT2D eigenvalue weighted by atomic mass is 15.2. The van der Waals surface area contributed by atoms with E-state index in [4.69, 9.17) is 0 Å². The molecule has 10 rings (SSSR count). The van der Waals surface area contributed by atoms with Crippen molar-refractivity contribution < 1.29 is 0 Å². The van der Waals surface area contributed by atoms with Crippen molar-refractivity contribution in [2.45, 2.75) is 201 Å². The minimum atomic E-state index is -0.213. The van der Waals surface area contributed by atoms with Gasteiger partial charge in [-0.05, 0) is 166 Å². The molecule has 3 heteroatoms. The molecule has 3 aliphatic heterocycles. The number of rotatable bonds is 1. The third kappa shape index (κ3) is 6.16. The molecule has 0 radical (unpaired) electrons. The van der Waals surface area contributed by atoms with Crippen LogP contribution in [0.25, 0.3) is 0 Å². The SMILES string of the molecule is CC(C)(C)c1cc2c3c(c1)N1c4ccc(C(C)(C)C)cc4C(C)(C)c4cc(C(C)(C)C)cc(c41)B3c1cc3c(cc1N2c1ccc2c(c1)C(C)(C)CCC2(C)C)C(C)(C)CCC3(C)C. The Morgan fingerprint density at radius 1 is 0.391 bits per heavy atom. The lowest BCUT2D eigenvalue weighted by Gasteiger charge is -2.51. The highest BCUT2D eigenvalue weighted by Gasteiger charge is 2.51. The van der Waals surface area contributed by atoms with Gasteiger partial charge in [0.1, 0.15) is 0 Å². The second-order valence-electron chi connectivity index (χ2n) is 27.3. The van der Waals surface area contributed by atoms with Crippen LogP contribution >= 0.6 is 0 Å². The summed E-state index contributed by atoms with van der Waals surface area (Å²) in [6, 6.07) is 30.9. The Kier molecular flexibility index (Phi) is 8.87. The summed E-state index contributed by atoms with van der Waals surface area (Å²) in [5, 5.41) is 0. The van der Waals surface area contributed by atoms with E-state index < -0.39 is 0 Å². The fourth-order valence-electron chi connectivity index (χ4n) is 12.6. The molecule has 2 nitrogen and oxygen atoms in total. The lowest BCUT2D eigenvalue weighted by molar-refractivity contribution is 0.332. The van der Waals surface area contributed by atoms with Gasteiger partial charge in [-0.1, -0.05) is 168 Å². The van der Waals surface area contributed by atoms with Crippen molar-refractivity contribution in [3.05, 3.63) is 123 Å². The first kappa shape index (κ1) is 43.6. The van der Waals surface area contributed by atoms with Crippen LogP contribution in [0, 0.1) is 0 Å². The standard InChI is InChI=1S/C61H77BN2/c1-54(2,3)36-20-23-48-44(28-36)61(18,19)45-29-37(55(4,5)6)30-47-53(45)64(48)51-32-38(56(7,8)9)31-50-52(51)62(47)46-34-42-43(60(16,17)27-26-59(42,14)15)35-49(46)63(50)39-21-22-40-41(33-39)58(12,13)25-24-57(40,10)11/h20-23,28-35H,24-27H2,1-19H3. The smallest absolute Gasteiger partial charge is 0.252 e. The van der Waals surface area contributed by atoms with E-state index in [1.165, 1.54) is 126 Å². The number of hydrogen-bond acceptors (Lipinski definition) is 2. The maximum absolute atomic E-state index is 2.74. The van der Waals surface area contributed by atoms with E-state index in [0.717, 1.165) is 0 Å². The van der Waals surface area contributed by atoms with Crippen LogP contribution in [0.1, 0.15) is 207 Å². The molecular weight excluding hydrogens is 771 g/mol. The zero-order valence-corrected chi connectivity index (χ0v) is 43.2. The molecular formula is C61H77BN2. The van der Waals surface area contributed by atoms with E-state index in [1.807, 2.05) is 0 Å². The number of benzene rings is 5. The van der Waals surface area contributed by atoms with Crippen LogP contribution in [-0.4, -0.2) is 6.71 Å². The maximum Gasteiger partial charge on any atom is 0.252 e. The predicted molar refractivity (Wildman–Crippen MR) is 279 cm³/mol. The molecule has 2 aliphatic carbocycles. The second-order valence-corrected chi connectivity index (χ2v) is 27.3. The molecule has 0 fully saturated rings. The van der Waals surface area contributed by atoms with Crippen LogP contribution in [0.3, 0.4) is 0 Å². The lowest BCUT2D eigenvalue weighted by Crippen LogP contribution is -2.63. The maximum atomic E-state index is 2.74. The van der Waals surface area contributed by atoms with Gasteiger partial charge in [0.15, 0.2) is 0 Å². The Labute approximate surface area is 388 Å². The van der Waals surface area contributed by atoms with Crippen LogP contribution < -0.4 is 26.2 Å². The topological polar surface area (TPSA) is 6.48 Å². The molecule has 0 unspecified atom stereocenters. The Morgan fingerprint density at radius 3 is 1.44 bits per heavy atom. The van der Waals surface area contributed by atoms with E-state index in [9.17, 15) is 0 Å². The Bertz CT molecular complexity index is 2820. The van der Waals surface area contributed by atoms with E-state index in [1.54, 1.807) is 0 Å². The quantitative estimate of drug-likeness (QED) is 0.152. The fourth-order valence-corrected chi connectivity index (χ4v) is 12.6. The minimum absolute atomic E-state index is 0.0334. The van der Waals surface area contributed by atoms with E-state index >= 15 is 0 Å². The molecule has 0 amide bonds. The molecule has 0 atom stereocenters. The first-order valence-electron chi connectivity index (χ1n) is 24.8. The average molecular weight is 849 g/mol. The minimum Gasteiger partial charge on any atom is -0.311 e. The van der Waals surface area contributed by atoms with Gasteiger partial charge >= 0.3 is 0 Å². The molecule has 0 saturated heterocycles. The highest BCUT2D eigenvalue weighted by Crippen LogP contribution is 2.57. The predicted octanol–water partition coefficient (Wildman–Crippen LogP) is 15.0. The summed E-state index contributed by atoms with van der Waals surface area (Å²) in [6.45, 7) is 46.5. The van der Waals surface area contributed by atoms with E-state index in [-0.39, 0.29) is 50.0 Å². The summed E-state index contributed by atoms with van der Waals surface area (Å²) in [5.74, 6) is 0. The van der Waals surface area contributed by atoms with Crippen LogP contribution in [0.2, 0.25) is 0 Å². The summed E-state index contributed by atoms with van der Waals surface area (Å²) < 4.78 is 0. The van der Waals surface area contributed by atoms with Crippen molar-refractivity contribution in [3.63, 3.8) is 0 Å². The van der Waals surface area contributed by atoms with Gasteiger partial charge in [0.25, 0.3) is 6.71 Å². The molecule has 3 heterocycles. The molecule has 0 aromatic heterocycles. The fraction of sp³-hybridized carbons (Fsp3) is 0.508. The summed E-state index contributed by atoms with van der Waals surface area (Å²) in [5.41, 5.74) is 25.6. The van der Waals surface area contributed by atoms with Crippen molar-refractivity contribution in [2.24, 2.45) is 0 Å². The van der Waals surface area contributed by atoms with Crippen molar-refractivity contribution in [1.82, 2.24) is 0 Å². The number of fused-ring (bicyclic) bond motifs is 8. The average Bonchev–Trinajstić information content (AvgIpc) is 3.18. The van der Waals surface area contributed by atoms with Gasteiger partial charge in [0.2, 0.25) is 0 Å². The number of hydrogen-bond donors (Lipinski definition) is 0. The summed E-state index contributed by atoms with van der Waals surface area (Å²) in [6.07, 6.45) is 4.78. The van der Waals surface area contributed by atoms with E-state index in [0.29, 0.717) is 0 Å². The molecule has 334 valence electrons. The van der Waals surface area contributed by atoms with Crippen molar-refractivity contribution >= 4 is 57.2 Å². The van der Waals surface area contributed by atoms with Gasteiger partial charge < -0.3 is 9.80 Å². The zero-order valence-electron chi connectivity index (χ0n) is 43.2. The molecule has 64 heavy (non-hydrogen) atoms. The molecule has 0 spiro atoms. The molecule has 5 aromatic rings. The Morgan fingerprint density at radius 2 is 0.875 bits per heavy atom. The highest BCUT2D eigenvalue weighted by molar-refractivity contribution is 7.00. The third-order valence-electron chi connectivity index (χ3n) is 17.4. The van der Waals surface area contributed by atoms with Gasteiger partial charge in [0, 0.05) is 33.9 Å². The largest absolute Gasteiger partial charge is 0.311 e. The van der Waals surface area contributed by atoms with Crippen molar-refractivity contribution in [1.29, 1.82) is 0 Å². The molecule has 0 N–H and O–H groups in total. The first-order valence-corrected chi connectivity index (χ1v) is 24.8. The monoisotopic (exact) mass is 849 g/mol. The molecule has 0 saturated carbocycles. The third-order valence-corrected chi connectivity index (χ3v) is 17.4. The van der Waals surface area contributed by atoms with Crippen LogP contribution in [0.15, 0.2) is 72.8 Å². The van der Waals surface area contributed by atoms with Crippen molar-refractivity contribution in [2.75, 3.05) is 9.80 Å². The first-order chi connectivity index (χ1) is 29.3. The summed E-state index contributed by atoms with van der Waals surface area (Å²) >= 11 is 0. The number of nitrogens with zero attached hydrogens (tertiary/aromatic N) is 2. The molecule has 5 aliphatic rings. The zero-order chi connectivity index (χ0) is 46.4. The van der Waals surface area contributed by atoms with Gasteiger partial charge in [-0.25, -0.2) is 0 Å². The second kappa shape index (κ2) is 13.0. The summed E-state index contributed by atoms with van der Waals surface area (Å²) in [7, 11) is 0. The normalized spacial score (nSPS) is 20.4. The van der Waals surface area contributed by atoms with Crippen LogP contribution in [-0.2, 0) is 43.3 Å². The van der Waals surface area contributed by atoms with E-state index in [2.05, 4.69) is 214 Å². The lowest BCUT2D eigenvalue weighted by atomic mass is 9.32. The number of anilines is 6. The Balaban J connectivity index is 1.39. The van der Waals surface area contributed by atoms with Crippen LogP contribution in [0.4, 0.5) is 34.1 Å². The van der Waals surface area contributed by atoms with Crippen molar-refractivity contribution in [3.8, 4) is 0 Å². The summed E-state index contributed by atoms with van der Waals surface area (Å²) in [4.78, 5) is 5.48. The Hall–Kier alpha value is -4.24. The molecule has 5 aromatic carbocycles.